The molecule has 0 aromatic heterocycles. The van der Waals surface area contributed by atoms with Crippen molar-refractivity contribution < 1.29 is 14.3 Å². The summed E-state index contributed by atoms with van der Waals surface area (Å²) in [6.45, 7) is 0.838. The predicted octanol–water partition coefficient (Wildman–Crippen LogP) is 7.55. The zero-order valence-electron chi connectivity index (χ0n) is 19.5. The number of carbonyl (C=O) groups is 1. The largest absolute Gasteiger partial charge is 0.452 e. The van der Waals surface area contributed by atoms with Crippen LogP contribution >= 0.6 is 11.6 Å². The van der Waals surface area contributed by atoms with Gasteiger partial charge in [-0.05, 0) is 80.0 Å². The van der Waals surface area contributed by atoms with Crippen molar-refractivity contribution >= 4 is 23.3 Å². The summed E-state index contributed by atoms with van der Waals surface area (Å²) in [6, 6.07) is 15.9. The minimum Gasteiger partial charge on any atom is -0.452 e. The van der Waals surface area contributed by atoms with Crippen molar-refractivity contribution in [2.45, 2.75) is 82.8 Å². The van der Waals surface area contributed by atoms with Crippen LogP contribution in [-0.2, 0) is 16.0 Å². The molecular formula is C28H36ClNO3. The van der Waals surface area contributed by atoms with Crippen LogP contribution < -0.4 is 10.1 Å². The summed E-state index contributed by atoms with van der Waals surface area (Å²) in [5, 5.41) is 4.16. The van der Waals surface area contributed by atoms with Crippen LogP contribution in [0.5, 0.6) is 5.75 Å². The van der Waals surface area contributed by atoms with Crippen LogP contribution in [0.3, 0.4) is 0 Å². The molecule has 2 aromatic carbocycles. The van der Waals surface area contributed by atoms with Crippen molar-refractivity contribution in [2.75, 3.05) is 11.9 Å². The molecule has 33 heavy (non-hydrogen) atoms. The topological polar surface area (TPSA) is 47.6 Å². The van der Waals surface area contributed by atoms with E-state index in [1.54, 1.807) is 0 Å². The Bertz CT molecular complexity index is 869. The monoisotopic (exact) mass is 469 g/mol. The zero-order valence-corrected chi connectivity index (χ0v) is 20.2. The summed E-state index contributed by atoms with van der Waals surface area (Å²) >= 11 is 5.94. The zero-order chi connectivity index (χ0) is 22.9. The molecule has 2 aliphatic rings. The van der Waals surface area contributed by atoms with E-state index in [-0.39, 0.29) is 5.97 Å². The van der Waals surface area contributed by atoms with Crippen LogP contribution in [0.15, 0.2) is 48.5 Å². The first-order chi connectivity index (χ1) is 16.1. The molecule has 0 spiro atoms. The van der Waals surface area contributed by atoms with Gasteiger partial charge in [0.2, 0.25) is 0 Å². The molecule has 2 aliphatic carbocycles. The summed E-state index contributed by atoms with van der Waals surface area (Å²) in [7, 11) is 0. The van der Waals surface area contributed by atoms with Gasteiger partial charge in [-0.2, -0.15) is 0 Å². The third-order valence-electron chi connectivity index (χ3n) is 6.91. The van der Waals surface area contributed by atoms with Crippen LogP contribution in [0.2, 0.25) is 5.02 Å². The highest BCUT2D eigenvalue weighted by molar-refractivity contribution is 6.30. The van der Waals surface area contributed by atoms with Gasteiger partial charge in [0.15, 0.2) is 0 Å². The summed E-state index contributed by atoms with van der Waals surface area (Å²) < 4.78 is 12.4. The molecule has 178 valence electrons. The Kier molecular flexibility index (Phi) is 8.55. The Morgan fingerprint density at radius 1 is 0.909 bits per heavy atom. The van der Waals surface area contributed by atoms with E-state index in [0.717, 1.165) is 68.0 Å². The number of carbonyl (C=O) groups excluding carboxylic acids is 1. The number of hydrogen-bond donors (Lipinski definition) is 1. The minimum absolute atomic E-state index is 0.0892. The lowest BCUT2D eigenvalue weighted by molar-refractivity contribution is -0.209. The molecule has 0 atom stereocenters. The van der Waals surface area contributed by atoms with Gasteiger partial charge in [-0.3, -0.25) is 4.79 Å². The highest BCUT2D eigenvalue weighted by Crippen LogP contribution is 2.36. The number of esters is 1. The van der Waals surface area contributed by atoms with E-state index in [2.05, 4.69) is 17.4 Å². The van der Waals surface area contributed by atoms with Gasteiger partial charge in [-0.15, -0.1) is 0 Å². The molecule has 0 unspecified atom stereocenters. The van der Waals surface area contributed by atoms with E-state index in [4.69, 9.17) is 21.1 Å². The third-order valence-corrected chi connectivity index (χ3v) is 7.16. The summed E-state index contributed by atoms with van der Waals surface area (Å²) in [5.41, 5.74) is 2.30. The van der Waals surface area contributed by atoms with Gasteiger partial charge in [0.05, 0.1) is 0 Å². The second-order valence-corrected chi connectivity index (χ2v) is 10.0. The molecule has 0 saturated heterocycles. The van der Waals surface area contributed by atoms with Crippen LogP contribution in [-0.4, -0.2) is 18.3 Å². The minimum atomic E-state index is -0.804. The molecular weight excluding hydrogens is 434 g/mol. The highest BCUT2D eigenvalue weighted by Gasteiger charge is 2.38. The lowest BCUT2D eigenvalue weighted by atomic mass is 9.87. The van der Waals surface area contributed by atoms with Gasteiger partial charge in [0.1, 0.15) is 5.75 Å². The molecule has 4 rings (SSSR count). The lowest BCUT2D eigenvalue weighted by Gasteiger charge is -2.37. The molecule has 0 radical (unpaired) electrons. The molecule has 4 nitrogen and oxygen atoms in total. The fraction of sp³-hybridized carbons (Fsp3) is 0.536. The molecule has 0 bridgehead atoms. The number of ether oxygens (including phenoxy) is 2. The first-order valence-corrected chi connectivity index (χ1v) is 13.0. The predicted molar refractivity (Wildman–Crippen MR) is 134 cm³/mol. The van der Waals surface area contributed by atoms with Crippen molar-refractivity contribution in [3.63, 3.8) is 0 Å². The Balaban J connectivity index is 1.30. The van der Waals surface area contributed by atoms with Crippen LogP contribution in [0.1, 0.15) is 76.2 Å². The average molecular weight is 470 g/mol. The normalized spacial score (nSPS) is 18.5. The van der Waals surface area contributed by atoms with Crippen LogP contribution in [0.4, 0.5) is 5.69 Å². The fourth-order valence-corrected chi connectivity index (χ4v) is 5.18. The van der Waals surface area contributed by atoms with Crippen molar-refractivity contribution in [3.8, 4) is 5.75 Å². The number of nitrogens with one attached hydrogen (secondary N) is 1. The SMILES string of the molecule is O=C(CC1CCCCC1)OC1(Oc2ccc(CCNc3ccc(Cl)cc3)cc2)CCCCC1. The van der Waals surface area contributed by atoms with Crippen molar-refractivity contribution in [1.29, 1.82) is 0 Å². The van der Waals surface area contributed by atoms with E-state index >= 15 is 0 Å². The maximum Gasteiger partial charge on any atom is 0.309 e. The van der Waals surface area contributed by atoms with Crippen LogP contribution in [0.25, 0.3) is 0 Å². The molecule has 5 heteroatoms. The van der Waals surface area contributed by atoms with E-state index in [9.17, 15) is 4.79 Å². The molecule has 0 heterocycles. The Morgan fingerprint density at radius 3 is 2.27 bits per heavy atom. The first-order valence-electron chi connectivity index (χ1n) is 12.6. The maximum absolute atomic E-state index is 12.8. The quantitative estimate of drug-likeness (QED) is 0.304. The second kappa shape index (κ2) is 11.8. The molecule has 2 fully saturated rings. The molecule has 0 amide bonds. The number of benzene rings is 2. The van der Waals surface area contributed by atoms with E-state index in [1.165, 1.54) is 31.2 Å². The average Bonchev–Trinajstić information content (AvgIpc) is 2.82. The number of halogens is 1. The highest BCUT2D eigenvalue weighted by atomic mass is 35.5. The molecule has 0 aliphatic heterocycles. The van der Waals surface area contributed by atoms with Gasteiger partial charge in [-0.25, -0.2) is 0 Å². The summed E-state index contributed by atoms with van der Waals surface area (Å²) in [6.07, 6.45) is 12.3. The van der Waals surface area contributed by atoms with E-state index in [0.29, 0.717) is 12.3 Å². The van der Waals surface area contributed by atoms with Crippen molar-refractivity contribution in [2.24, 2.45) is 5.92 Å². The Morgan fingerprint density at radius 2 is 1.58 bits per heavy atom. The van der Waals surface area contributed by atoms with E-state index < -0.39 is 5.79 Å². The number of anilines is 1. The lowest BCUT2D eigenvalue weighted by Crippen LogP contribution is -2.43. The summed E-state index contributed by atoms with van der Waals surface area (Å²) in [5.74, 6) is 0.361. The Hall–Kier alpha value is -2.20. The van der Waals surface area contributed by atoms with Crippen LogP contribution in [0, 0.1) is 5.92 Å². The van der Waals surface area contributed by atoms with Crippen molar-refractivity contribution in [3.05, 3.63) is 59.1 Å². The van der Waals surface area contributed by atoms with Gasteiger partial charge in [0.25, 0.3) is 5.79 Å². The standard InChI is InChI=1S/C28H36ClNO3/c29-24-11-13-25(14-12-24)30-20-17-22-9-15-26(16-10-22)32-28(18-5-2-6-19-28)33-27(31)21-23-7-3-1-4-8-23/h9-16,23,30H,1-8,17-21H2. The Labute approximate surface area is 203 Å². The fourth-order valence-electron chi connectivity index (χ4n) is 5.05. The maximum atomic E-state index is 12.8. The summed E-state index contributed by atoms with van der Waals surface area (Å²) in [4.78, 5) is 12.8. The first kappa shape index (κ1) is 23.9. The molecule has 2 aromatic rings. The van der Waals surface area contributed by atoms with Gasteiger partial charge >= 0.3 is 5.97 Å². The van der Waals surface area contributed by atoms with Gasteiger partial charge < -0.3 is 14.8 Å². The second-order valence-electron chi connectivity index (χ2n) is 9.58. The number of rotatable bonds is 9. The van der Waals surface area contributed by atoms with Crippen molar-refractivity contribution in [1.82, 2.24) is 0 Å². The van der Waals surface area contributed by atoms with E-state index in [1.807, 2.05) is 36.4 Å². The smallest absolute Gasteiger partial charge is 0.309 e. The molecule has 2 saturated carbocycles. The van der Waals surface area contributed by atoms with Gasteiger partial charge in [-0.1, -0.05) is 49.4 Å². The third kappa shape index (κ3) is 7.40. The molecule has 1 N–H and O–H groups in total. The van der Waals surface area contributed by atoms with Gasteiger partial charge in [0, 0.05) is 36.5 Å². The number of hydrogen-bond acceptors (Lipinski definition) is 4.